The minimum atomic E-state index is 0.385. The Bertz CT molecular complexity index is 678. The molecule has 0 amide bonds. The first-order valence-electron chi connectivity index (χ1n) is 7.28. The number of hydrogen-bond acceptors (Lipinski definition) is 3. The molecule has 1 fully saturated rings. The van der Waals surface area contributed by atoms with Crippen LogP contribution in [0.15, 0.2) is 36.4 Å². The van der Waals surface area contributed by atoms with Crippen molar-refractivity contribution in [2.45, 2.75) is 6.42 Å². The maximum atomic E-state index is 5.87. The Morgan fingerprint density at radius 1 is 1.19 bits per heavy atom. The number of benzene rings is 2. The van der Waals surface area contributed by atoms with Crippen LogP contribution >= 0.6 is 0 Å². The van der Waals surface area contributed by atoms with Crippen molar-refractivity contribution >= 4 is 10.8 Å². The molecule has 3 heteroatoms. The predicted molar refractivity (Wildman–Crippen MR) is 84.3 cm³/mol. The van der Waals surface area contributed by atoms with Gasteiger partial charge in [-0.05, 0) is 41.5 Å². The van der Waals surface area contributed by atoms with Gasteiger partial charge in [-0.15, -0.1) is 0 Å². The number of hydrogen-bond donors (Lipinski definition) is 1. The summed E-state index contributed by atoms with van der Waals surface area (Å²) in [6, 6.07) is 12.3. The molecule has 1 heterocycles. The highest BCUT2D eigenvalue weighted by Crippen LogP contribution is 2.23. The molecule has 2 N–H and O–H groups in total. The van der Waals surface area contributed by atoms with Crippen molar-refractivity contribution in [3.8, 4) is 17.6 Å². The third kappa shape index (κ3) is 3.55. The average molecular weight is 281 g/mol. The normalized spacial score (nSPS) is 17.5. The van der Waals surface area contributed by atoms with E-state index in [1.165, 1.54) is 0 Å². The molecule has 1 unspecified atom stereocenters. The molecule has 1 aliphatic rings. The largest absolute Gasteiger partial charge is 0.493 e. The summed E-state index contributed by atoms with van der Waals surface area (Å²) in [5.41, 5.74) is 6.39. The van der Waals surface area contributed by atoms with Crippen LogP contribution in [0.5, 0.6) is 5.75 Å². The van der Waals surface area contributed by atoms with Crippen molar-refractivity contribution < 1.29 is 9.47 Å². The van der Waals surface area contributed by atoms with Crippen LogP contribution in [0.3, 0.4) is 0 Å². The molecule has 1 atom stereocenters. The Hall–Kier alpha value is -2.02. The summed E-state index contributed by atoms with van der Waals surface area (Å²) in [4.78, 5) is 0. The van der Waals surface area contributed by atoms with Crippen molar-refractivity contribution in [3.63, 3.8) is 0 Å². The van der Waals surface area contributed by atoms with Crippen LogP contribution in [0.1, 0.15) is 12.0 Å². The second-order valence-corrected chi connectivity index (χ2v) is 5.27. The molecule has 1 aliphatic heterocycles. The zero-order chi connectivity index (χ0) is 14.5. The van der Waals surface area contributed by atoms with E-state index in [1.54, 1.807) is 0 Å². The fourth-order valence-corrected chi connectivity index (χ4v) is 2.47. The molecule has 0 radical (unpaired) electrons. The molecule has 1 saturated heterocycles. The average Bonchev–Trinajstić information content (AvgIpc) is 3.04. The lowest BCUT2D eigenvalue weighted by Gasteiger charge is -2.11. The van der Waals surface area contributed by atoms with Crippen LogP contribution in [-0.2, 0) is 4.74 Å². The van der Waals surface area contributed by atoms with E-state index in [1.807, 2.05) is 12.1 Å². The van der Waals surface area contributed by atoms with Gasteiger partial charge in [0.25, 0.3) is 0 Å². The second kappa shape index (κ2) is 6.62. The Kier molecular flexibility index (Phi) is 4.40. The minimum Gasteiger partial charge on any atom is -0.493 e. The number of rotatable bonds is 3. The summed E-state index contributed by atoms with van der Waals surface area (Å²) in [7, 11) is 0. The van der Waals surface area contributed by atoms with Gasteiger partial charge < -0.3 is 15.2 Å². The van der Waals surface area contributed by atoms with Gasteiger partial charge in [0, 0.05) is 18.1 Å². The van der Waals surface area contributed by atoms with E-state index in [9.17, 15) is 0 Å². The SMILES string of the molecule is NCC#Cc1ccc2cc(OCC3CCOC3)ccc2c1. The molecular weight excluding hydrogens is 262 g/mol. The summed E-state index contributed by atoms with van der Waals surface area (Å²) in [5.74, 6) is 7.36. The summed E-state index contributed by atoms with van der Waals surface area (Å²) < 4.78 is 11.2. The molecule has 3 rings (SSSR count). The third-order valence-electron chi connectivity index (χ3n) is 3.66. The van der Waals surface area contributed by atoms with Crippen molar-refractivity contribution in [1.29, 1.82) is 0 Å². The fourth-order valence-electron chi connectivity index (χ4n) is 2.47. The smallest absolute Gasteiger partial charge is 0.119 e. The Labute approximate surface area is 125 Å². The molecule has 3 nitrogen and oxygen atoms in total. The zero-order valence-corrected chi connectivity index (χ0v) is 12.0. The van der Waals surface area contributed by atoms with Gasteiger partial charge in [0.2, 0.25) is 0 Å². The summed E-state index contributed by atoms with van der Waals surface area (Å²) >= 11 is 0. The standard InChI is InChI=1S/C18H19NO2/c19-8-1-2-14-3-4-17-11-18(6-5-16(17)10-14)21-13-15-7-9-20-12-15/h3-6,10-11,15H,7-9,12-13,19H2. The number of ether oxygens (including phenoxy) is 2. The minimum absolute atomic E-state index is 0.385. The van der Waals surface area contributed by atoms with E-state index in [0.29, 0.717) is 12.5 Å². The van der Waals surface area contributed by atoms with Crippen LogP contribution in [-0.4, -0.2) is 26.4 Å². The first kappa shape index (κ1) is 13.9. The van der Waals surface area contributed by atoms with Gasteiger partial charge in [-0.1, -0.05) is 24.0 Å². The van der Waals surface area contributed by atoms with E-state index >= 15 is 0 Å². The lowest BCUT2D eigenvalue weighted by Crippen LogP contribution is -2.11. The van der Waals surface area contributed by atoms with Crippen molar-refractivity contribution in [1.82, 2.24) is 0 Å². The van der Waals surface area contributed by atoms with Gasteiger partial charge in [0.1, 0.15) is 5.75 Å². The van der Waals surface area contributed by atoms with Crippen molar-refractivity contribution in [3.05, 3.63) is 42.0 Å². The second-order valence-electron chi connectivity index (χ2n) is 5.27. The predicted octanol–water partition coefficient (Wildman–Crippen LogP) is 2.57. The molecule has 21 heavy (non-hydrogen) atoms. The molecule has 0 bridgehead atoms. The summed E-state index contributed by atoms with van der Waals surface area (Å²) in [6.07, 6.45) is 1.09. The van der Waals surface area contributed by atoms with Crippen molar-refractivity contribution in [2.75, 3.05) is 26.4 Å². The molecular formula is C18H19NO2. The first-order chi connectivity index (χ1) is 10.3. The topological polar surface area (TPSA) is 44.5 Å². The molecule has 0 aliphatic carbocycles. The fraction of sp³-hybridized carbons (Fsp3) is 0.333. The van der Waals surface area contributed by atoms with E-state index in [4.69, 9.17) is 15.2 Å². The van der Waals surface area contributed by atoms with E-state index in [-0.39, 0.29) is 0 Å². The third-order valence-corrected chi connectivity index (χ3v) is 3.66. The lowest BCUT2D eigenvalue weighted by molar-refractivity contribution is 0.167. The van der Waals surface area contributed by atoms with Crippen LogP contribution in [0.25, 0.3) is 10.8 Å². The van der Waals surface area contributed by atoms with E-state index in [2.05, 4.69) is 36.1 Å². The summed E-state index contributed by atoms with van der Waals surface area (Å²) in [6.45, 7) is 2.79. The monoisotopic (exact) mass is 281 g/mol. The Morgan fingerprint density at radius 3 is 2.86 bits per heavy atom. The van der Waals surface area contributed by atoms with Gasteiger partial charge >= 0.3 is 0 Å². The zero-order valence-electron chi connectivity index (χ0n) is 12.0. The van der Waals surface area contributed by atoms with Crippen molar-refractivity contribution in [2.24, 2.45) is 11.7 Å². The highest BCUT2D eigenvalue weighted by molar-refractivity contribution is 5.85. The van der Waals surface area contributed by atoms with E-state index < -0.39 is 0 Å². The highest BCUT2D eigenvalue weighted by atomic mass is 16.5. The van der Waals surface area contributed by atoms with Gasteiger partial charge in [-0.2, -0.15) is 0 Å². The molecule has 0 saturated carbocycles. The molecule has 0 aromatic heterocycles. The van der Waals surface area contributed by atoms with Crippen LogP contribution < -0.4 is 10.5 Å². The Morgan fingerprint density at radius 2 is 2.05 bits per heavy atom. The van der Waals surface area contributed by atoms with Crippen LogP contribution in [0.2, 0.25) is 0 Å². The molecule has 108 valence electrons. The molecule has 2 aromatic rings. The van der Waals surface area contributed by atoms with Crippen LogP contribution in [0.4, 0.5) is 0 Å². The van der Waals surface area contributed by atoms with Crippen LogP contribution in [0, 0.1) is 17.8 Å². The number of nitrogens with two attached hydrogens (primary N) is 1. The molecule has 0 spiro atoms. The van der Waals surface area contributed by atoms with Gasteiger partial charge in [0.05, 0.1) is 19.8 Å². The van der Waals surface area contributed by atoms with E-state index in [0.717, 1.165) is 48.3 Å². The lowest BCUT2D eigenvalue weighted by atomic mass is 10.1. The van der Waals surface area contributed by atoms with Gasteiger partial charge in [0.15, 0.2) is 0 Å². The molecule has 2 aromatic carbocycles. The van der Waals surface area contributed by atoms with Gasteiger partial charge in [-0.25, -0.2) is 0 Å². The highest BCUT2D eigenvalue weighted by Gasteiger charge is 2.16. The maximum absolute atomic E-state index is 5.87. The quantitative estimate of drug-likeness (QED) is 0.879. The maximum Gasteiger partial charge on any atom is 0.119 e. The van der Waals surface area contributed by atoms with Gasteiger partial charge in [-0.3, -0.25) is 0 Å². The number of fused-ring (bicyclic) bond motifs is 1. The first-order valence-corrected chi connectivity index (χ1v) is 7.28. The summed E-state index contributed by atoms with van der Waals surface area (Å²) in [5, 5.41) is 2.32. The Balaban J connectivity index is 1.73.